The summed E-state index contributed by atoms with van der Waals surface area (Å²) >= 11 is 0. The van der Waals surface area contributed by atoms with Crippen molar-refractivity contribution in [3.63, 3.8) is 0 Å². The van der Waals surface area contributed by atoms with Crippen LogP contribution in [0, 0.1) is 0 Å². The number of carboxylic acid groups (broad SMARTS) is 1. The normalized spacial score (nSPS) is 14.1. The molecule has 0 aromatic carbocycles. The topological polar surface area (TPSA) is 95.5 Å². The molecule has 15 heavy (non-hydrogen) atoms. The molecule has 0 aromatic heterocycles. The third-order valence-electron chi connectivity index (χ3n) is 1.56. The summed E-state index contributed by atoms with van der Waals surface area (Å²) in [7, 11) is -3.73. The van der Waals surface area contributed by atoms with Crippen LogP contribution in [-0.2, 0) is 15.0 Å². The average molecular weight is 238 g/mol. The summed E-state index contributed by atoms with van der Waals surface area (Å²) in [5.74, 6) is -1.16. The minimum Gasteiger partial charge on any atom is -0.480 e. The van der Waals surface area contributed by atoms with Crippen LogP contribution in [0.25, 0.3) is 0 Å². The number of carbonyl (C=O) groups is 1. The lowest BCUT2D eigenvalue weighted by molar-refractivity contribution is -0.139. The van der Waals surface area contributed by atoms with Crippen molar-refractivity contribution < 1.29 is 18.3 Å². The molecule has 0 radical (unpaired) electrons. The van der Waals surface area contributed by atoms with Gasteiger partial charge in [-0.2, -0.15) is 17.9 Å². The van der Waals surface area contributed by atoms with Gasteiger partial charge in [-0.25, -0.2) is 0 Å². The van der Waals surface area contributed by atoms with E-state index in [-0.39, 0.29) is 12.5 Å². The van der Waals surface area contributed by atoms with Crippen LogP contribution >= 0.6 is 0 Å². The van der Waals surface area contributed by atoms with E-state index in [1.807, 2.05) is 0 Å². The van der Waals surface area contributed by atoms with E-state index < -0.39 is 22.2 Å². The maximum atomic E-state index is 11.3. The smallest absolute Gasteiger partial charge is 0.321 e. The number of hydrogen-bond donors (Lipinski definition) is 3. The second-order valence-electron chi connectivity index (χ2n) is 3.57. The summed E-state index contributed by atoms with van der Waals surface area (Å²) in [6.07, 6.45) is 0.871. The molecular formula is C8H18N2O4S. The molecule has 3 N–H and O–H groups in total. The lowest BCUT2D eigenvalue weighted by Crippen LogP contribution is -2.48. The Morgan fingerprint density at radius 2 is 1.87 bits per heavy atom. The Morgan fingerprint density at radius 3 is 2.20 bits per heavy atom. The molecule has 0 unspecified atom stereocenters. The molecule has 7 heteroatoms. The van der Waals surface area contributed by atoms with Gasteiger partial charge in [-0.05, 0) is 20.3 Å². The van der Waals surface area contributed by atoms with Crippen LogP contribution in [-0.4, -0.2) is 31.6 Å². The summed E-state index contributed by atoms with van der Waals surface area (Å²) in [5.41, 5.74) is 0. The van der Waals surface area contributed by atoms with Crippen molar-refractivity contribution in [3.8, 4) is 0 Å². The van der Waals surface area contributed by atoms with Crippen LogP contribution in [0.2, 0.25) is 0 Å². The first-order valence-electron chi connectivity index (χ1n) is 4.81. The second kappa shape index (κ2) is 6.04. The highest BCUT2D eigenvalue weighted by atomic mass is 32.2. The predicted octanol–water partition coefficient (Wildman–Crippen LogP) is 0.0721. The van der Waals surface area contributed by atoms with Crippen LogP contribution in [0.3, 0.4) is 0 Å². The fraction of sp³-hybridized carbons (Fsp3) is 0.875. The lowest BCUT2D eigenvalue weighted by Gasteiger charge is -2.15. The molecule has 0 bridgehead atoms. The van der Waals surface area contributed by atoms with Crippen LogP contribution in [0.15, 0.2) is 0 Å². The Bertz CT molecular complexity index is 300. The molecule has 0 aliphatic heterocycles. The van der Waals surface area contributed by atoms with Crippen molar-refractivity contribution in [1.82, 2.24) is 9.44 Å². The Morgan fingerprint density at radius 1 is 1.33 bits per heavy atom. The van der Waals surface area contributed by atoms with Crippen molar-refractivity contribution in [3.05, 3.63) is 0 Å². The summed E-state index contributed by atoms with van der Waals surface area (Å²) in [6, 6.07) is -1.33. The standard InChI is InChI=1S/C8H18N2O4S/c1-4-5-7(8(11)12)10-15(13,14)9-6(2)3/h6-7,9-10H,4-5H2,1-3H3,(H,11,12)/t7-/m0/s1. The summed E-state index contributed by atoms with van der Waals surface area (Å²) < 4.78 is 27.0. The monoisotopic (exact) mass is 238 g/mol. The van der Waals surface area contributed by atoms with Crippen molar-refractivity contribution in [1.29, 1.82) is 0 Å². The van der Waals surface area contributed by atoms with Gasteiger partial charge in [-0.15, -0.1) is 0 Å². The minimum atomic E-state index is -3.73. The van der Waals surface area contributed by atoms with Gasteiger partial charge in [0.25, 0.3) is 10.2 Å². The molecular weight excluding hydrogens is 220 g/mol. The first-order valence-corrected chi connectivity index (χ1v) is 6.29. The largest absolute Gasteiger partial charge is 0.480 e. The van der Waals surface area contributed by atoms with E-state index in [0.717, 1.165) is 0 Å². The number of nitrogens with one attached hydrogen (secondary N) is 2. The molecule has 1 atom stereocenters. The average Bonchev–Trinajstić information content (AvgIpc) is 2.00. The zero-order valence-corrected chi connectivity index (χ0v) is 9.97. The van der Waals surface area contributed by atoms with E-state index in [0.29, 0.717) is 6.42 Å². The predicted molar refractivity (Wildman–Crippen MR) is 56.7 cm³/mol. The Hall–Kier alpha value is -0.660. The summed E-state index contributed by atoms with van der Waals surface area (Å²) in [5, 5.41) is 8.75. The van der Waals surface area contributed by atoms with Crippen molar-refractivity contribution in [2.24, 2.45) is 0 Å². The molecule has 0 aliphatic rings. The zero-order valence-electron chi connectivity index (χ0n) is 9.15. The maximum absolute atomic E-state index is 11.3. The molecule has 0 rings (SSSR count). The van der Waals surface area contributed by atoms with Gasteiger partial charge >= 0.3 is 5.97 Å². The molecule has 0 saturated carbocycles. The highest BCUT2D eigenvalue weighted by Gasteiger charge is 2.23. The Balaban J connectivity index is 4.45. The second-order valence-corrected chi connectivity index (χ2v) is 5.05. The van der Waals surface area contributed by atoms with Crippen molar-refractivity contribution >= 4 is 16.2 Å². The van der Waals surface area contributed by atoms with Crippen LogP contribution < -0.4 is 9.44 Å². The first-order chi connectivity index (χ1) is 6.78. The Kier molecular flexibility index (Phi) is 5.77. The summed E-state index contributed by atoms with van der Waals surface area (Å²) in [4.78, 5) is 10.7. The van der Waals surface area contributed by atoms with Gasteiger partial charge in [0.05, 0.1) is 0 Å². The first kappa shape index (κ1) is 14.3. The van der Waals surface area contributed by atoms with Crippen molar-refractivity contribution in [2.45, 2.75) is 45.7 Å². The molecule has 0 saturated heterocycles. The van der Waals surface area contributed by atoms with Crippen LogP contribution in [0.5, 0.6) is 0 Å². The van der Waals surface area contributed by atoms with E-state index in [1.165, 1.54) is 0 Å². The number of hydrogen-bond acceptors (Lipinski definition) is 3. The van der Waals surface area contributed by atoms with Gasteiger partial charge in [0.1, 0.15) is 6.04 Å². The third-order valence-corrected chi connectivity index (χ3v) is 2.94. The SMILES string of the molecule is CCC[C@H](NS(=O)(=O)NC(C)C)C(=O)O. The van der Waals surface area contributed by atoms with E-state index in [2.05, 4.69) is 9.44 Å². The van der Waals surface area contributed by atoms with E-state index in [9.17, 15) is 13.2 Å². The quantitative estimate of drug-likeness (QED) is 0.585. The van der Waals surface area contributed by atoms with E-state index in [1.54, 1.807) is 20.8 Å². The van der Waals surface area contributed by atoms with Crippen molar-refractivity contribution in [2.75, 3.05) is 0 Å². The third kappa shape index (κ3) is 6.43. The molecule has 6 nitrogen and oxygen atoms in total. The molecule has 0 heterocycles. The lowest BCUT2D eigenvalue weighted by atomic mass is 10.2. The zero-order chi connectivity index (χ0) is 12.1. The number of carboxylic acids is 1. The van der Waals surface area contributed by atoms with E-state index in [4.69, 9.17) is 5.11 Å². The summed E-state index contributed by atoms with van der Waals surface area (Å²) in [6.45, 7) is 5.11. The van der Waals surface area contributed by atoms with Gasteiger partial charge in [-0.3, -0.25) is 4.79 Å². The highest BCUT2D eigenvalue weighted by Crippen LogP contribution is 1.98. The van der Waals surface area contributed by atoms with Gasteiger partial charge in [0, 0.05) is 6.04 Å². The highest BCUT2D eigenvalue weighted by molar-refractivity contribution is 7.87. The molecule has 90 valence electrons. The van der Waals surface area contributed by atoms with Gasteiger partial charge in [0.2, 0.25) is 0 Å². The molecule has 0 aromatic rings. The Labute approximate surface area is 90.2 Å². The molecule has 0 amide bonds. The van der Waals surface area contributed by atoms with Gasteiger partial charge in [0.15, 0.2) is 0 Å². The maximum Gasteiger partial charge on any atom is 0.321 e. The minimum absolute atomic E-state index is 0.265. The molecule has 0 aliphatic carbocycles. The number of aliphatic carboxylic acids is 1. The fourth-order valence-corrected chi connectivity index (χ4v) is 2.33. The van der Waals surface area contributed by atoms with Gasteiger partial charge < -0.3 is 5.11 Å². The molecule has 0 spiro atoms. The number of rotatable bonds is 7. The van der Waals surface area contributed by atoms with E-state index >= 15 is 0 Å². The van der Waals surface area contributed by atoms with Crippen LogP contribution in [0.1, 0.15) is 33.6 Å². The fourth-order valence-electron chi connectivity index (χ4n) is 1.05. The van der Waals surface area contributed by atoms with Gasteiger partial charge in [-0.1, -0.05) is 13.3 Å². The molecule has 0 fully saturated rings. The van der Waals surface area contributed by atoms with Crippen LogP contribution in [0.4, 0.5) is 0 Å².